The van der Waals surface area contributed by atoms with Crippen molar-refractivity contribution in [3.8, 4) is 5.75 Å². The maximum Gasteiger partial charge on any atom is 0.205 e. The average molecular weight is 249 g/mol. The van der Waals surface area contributed by atoms with E-state index in [2.05, 4.69) is 25.8 Å². The first-order chi connectivity index (χ1) is 8.18. The smallest absolute Gasteiger partial charge is 0.205 e. The van der Waals surface area contributed by atoms with E-state index in [0.29, 0.717) is 6.61 Å². The van der Waals surface area contributed by atoms with Gasteiger partial charge < -0.3 is 9.47 Å². The molecule has 0 N–H and O–H groups in total. The van der Waals surface area contributed by atoms with Crippen LogP contribution in [0.3, 0.4) is 0 Å². The number of aryl methyl sites for hydroxylation is 1. The molecule has 0 saturated heterocycles. The third-order valence-electron chi connectivity index (χ3n) is 3.04. The minimum Gasteiger partial charge on any atom is -0.461 e. The van der Waals surface area contributed by atoms with E-state index in [1.165, 1.54) is 5.56 Å². The Balaban J connectivity index is 2.42. The van der Waals surface area contributed by atoms with Crippen LogP contribution in [-0.2, 0) is 17.8 Å². The Morgan fingerprint density at radius 3 is 2.61 bits per heavy atom. The van der Waals surface area contributed by atoms with Crippen LogP contribution in [0.4, 0.5) is 0 Å². The Kier molecular flexibility index (Phi) is 3.14. The van der Waals surface area contributed by atoms with Crippen molar-refractivity contribution in [2.75, 3.05) is 0 Å². The van der Waals surface area contributed by atoms with Crippen LogP contribution in [0.15, 0.2) is 6.20 Å². The zero-order valence-corrected chi connectivity index (χ0v) is 12.3. The number of aromatic nitrogens is 1. The van der Waals surface area contributed by atoms with Gasteiger partial charge in [0, 0.05) is 25.6 Å². The molecule has 3 nitrogen and oxygen atoms in total. The van der Waals surface area contributed by atoms with E-state index < -0.39 is 5.79 Å². The lowest BCUT2D eigenvalue weighted by atomic mass is 9.86. The Morgan fingerprint density at radius 2 is 2.00 bits per heavy atom. The molecule has 0 atom stereocenters. The number of pyridine rings is 1. The zero-order valence-electron chi connectivity index (χ0n) is 12.3. The molecule has 3 heteroatoms. The number of ether oxygens (including phenoxy) is 2. The first-order valence-electron chi connectivity index (χ1n) is 6.48. The van der Waals surface area contributed by atoms with Crippen molar-refractivity contribution in [1.29, 1.82) is 0 Å². The summed E-state index contributed by atoms with van der Waals surface area (Å²) in [5.41, 5.74) is 3.58. The monoisotopic (exact) mass is 249 g/mol. The average Bonchev–Trinajstić information content (AvgIpc) is 2.20. The van der Waals surface area contributed by atoms with Crippen molar-refractivity contribution < 1.29 is 9.47 Å². The molecule has 0 saturated carbocycles. The second kappa shape index (κ2) is 4.23. The molecule has 1 aliphatic rings. The van der Waals surface area contributed by atoms with Crippen LogP contribution in [0.1, 0.15) is 51.4 Å². The Bertz CT molecular complexity index is 458. The van der Waals surface area contributed by atoms with Gasteiger partial charge in [0.2, 0.25) is 5.79 Å². The molecular formula is C15H23NO2. The van der Waals surface area contributed by atoms with Gasteiger partial charge in [-0.05, 0) is 24.3 Å². The Hall–Kier alpha value is -1.09. The third kappa shape index (κ3) is 2.83. The van der Waals surface area contributed by atoms with Gasteiger partial charge in [-0.25, -0.2) is 0 Å². The topological polar surface area (TPSA) is 31.4 Å². The summed E-state index contributed by atoms with van der Waals surface area (Å²) in [6, 6.07) is 0. The molecule has 0 amide bonds. The van der Waals surface area contributed by atoms with Gasteiger partial charge in [-0.3, -0.25) is 4.98 Å². The van der Waals surface area contributed by atoms with Crippen LogP contribution in [0.5, 0.6) is 5.75 Å². The van der Waals surface area contributed by atoms with Gasteiger partial charge in [-0.2, -0.15) is 0 Å². The molecule has 0 fully saturated rings. The van der Waals surface area contributed by atoms with Gasteiger partial charge in [0.25, 0.3) is 0 Å². The molecule has 1 aromatic rings. The summed E-state index contributed by atoms with van der Waals surface area (Å²) in [5.74, 6) is 0.354. The minimum atomic E-state index is -0.556. The van der Waals surface area contributed by atoms with E-state index in [1.807, 2.05) is 27.0 Å². The molecule has 1 aromatic heterocycles. The van der Waals surface area contributed by atoms with Gasteiger partial charge in [0.1, 0.15) is 5.75 Å². The molecule has 0 radical (unpaired) electrons. The zero-order chi connectivity index (χ0) is 13.6. The maximum atomic E-state index is 5.92. The van der Waals surface area contributed by atoms with Crippen LogP contribution in [0.25, 0.3) is 0 Å². The van der Waals surface area contributed by atoms with Crippen LogP contribution in [0, 0.1) is 12.3 Å². The second-order valence-corrected chi connectivity index (χ2v) is 6.70. The molecule has 18 heavy (non-hydrogen) atoms. The van der Waals surface area contributed by atoms with E-state index in [9.17, 15) is 0 Å². The SMILES string of the molecule is Cc1ncc(CC(C)(C)C)c2c1OC(C)(C)OC2. The van der Waals surface area contributed by atoms with Crippen molar-refractivity contribution in [1.82, 2.24) is 4.98 Å². The molecule has 0 aromatic carbocycles. The van der Waals surface area contributed by atoms with Crippen LogP contribution >= 0.6 is 0 Å². The lowest BCUT2D eigenvalue weighted by Gasteiger charge is -2.34. The van der Waals surface area contributed by atoms with E-state index >= 15 is 0 Å². The highest BCUT2D eigenvalue weighted by atomic mass is 16.7. The normalized spacial score (nSPS) is 18.1. The number of hydrogen-bond donors (Lipinski definition) is 0. The fraction of sp³-hybridized carbons (Fsp3) is 0.667. The fourth-order valence-electron chi connectivity index (χ4n) is 2.21. The number of fused-ring (bicyclic) bond motifs is 1. The first-order valence-corrected chi connectivity index (χ1v) is 6.48. The maximum absolute atomic E-state index is 5.92. The van der Waals surface area contributed by atoms with E-state index in [0.717, 1.165) is 23.4 Å². The summed E-state index contributed by atoms with van der Waals surface area (Å²) >= 11 is 0. The van der Waals surface area contributed by atoms with Crippen molar-refractivity contribution in [2.45, 2.75) is 60.4 Å². The summed E-state index contributed by atoms with van der Waals surface area (Å²) in [6.45, 7) is 13.2. The van der Waals surface area contributed by atoms with Gasteiger partial charge >= 0.3 is 0 Å². The highest BCUT2D eigenvalue weighted by Crippen LogP contribution is 2.36. The van der Waals surface area contributed by atoms with Gasteiger partial charge in [-0.1, -0.05) is 20.8 Å². The largest absolute Gasteiger partial charge is 0.461 e. The summed E-state index contributed by atoms with van der Waals surface area (Å²) in [7, 11) is 0. The van der Waals surface area contributed by atoms with Crippen molar-refractivity contribution >= 4 is 0 Å². The Labute approximate surface area is 110 Å². The van der Waals surface area contributed by atoms with E-state index in [4.69, 9.17) is 9.47 Å². The summed E-state index contributed by atoms with van der Waals surface area (Å²) in [4.78, 5) is 4.46. The second-order valence-electron chi connectivity index (χ2n) is 6.70. The standard InChI is InChI=1S/C15H23NO2/c1-10-13-12(9-17-15(5,6)18-13)11(8-16-10)7-14(2,3)4/h8H,7,9H2,1-6H3. The highest BCUT2D eigenvalue weighted by Gasteiger charge is 2.31. The summed E-state index contributed by atoms with van der Waals surface area (Å²) < 4.78 is 11.7. The van der Waals surface area contributed by atoms with Crippen LogP contribution in [-0.4, -0.2) is 10.8 Å². The van der Waals surface area contributed by atoms with Gasteiger partial charge in [-0.15, -0.1) is 0 Å². The number of hydrogen-bond acceptors (Lipinski definition) is 3. The van der Waals surface area contributed by atoms with Gasteiger partial charge in [0.05, 0.1) is 12.3 Å². The number of nitrogens with zero attached hydrogens (tertiary/aromatic N) is 1. The molecule has 2 heterocycles. The molecule has 0 aliphatic carbocycles. The van der Waals surface area contributed by atoms with Gasteiger partial charge in [0.15, 0.2) is 0 Å². The Morgan fingerprint density at radius 1 is 1.33 bits per heavy atom. The predicted molar refractivity (Wildman–Crippen MR) is 71.6 cm³/mol. The molecule has 100 valence electrons. The summed E-state index contributed by atoms with van der Waals surface area (Å²) in [6.07, 6.45) is 2.94. The fourth-order valence-corrected chi connectivity index (χ4v) is 2.21. The van der Waals surface area contributed by atoms with E-state index in [1.54, 1.807) is 0 Å². The molecule has 0 bridgehead atoms. The van der Waals surface area contributed by atoms with Crippen LogP contribution < -0.4 is 4.74 Å². The van der Waals surface area contributed by atoms with Crippen molar-refractivity contribution in [3.05, 3.63) is 23.0 Å². The predicted octanol–water partition coefficient (Wildman–Crippen LogP) is 3.62. The highest BCUT2D eigenvalue weighted by molar-refractivity contribution is 5.43. The minimum absolute atomic E-state index is 0.234. The molecule has 0 spiro atoms. The lowest BCUT2D eigenvalue weighted by molar-refractivity contribution is -0.180. The third-order valence-corrected chi connectivity index (χ3v) is 3.04. The molecule has 2 rings (SSSR count). The quantitative estimate of drug-likeness (QED) is 0.761. The van der Waals surface area contributed by atoms with Crippen molar-refractivity contribution in [2.24, 2.45) is 5.41 Å². The molecule has 1 aliphatic heterocycles. The van der Waals surface area contributed by atoms with E-state index in [-0.39, 0.29) is 5.41 Å². The first kappa shape index (κ1) is 13.3. The van der Waals surface area contributed by atoms with Crippen LogP contribution in [0.2, 0.25) is 0 Å². The number of rotatable bonds is 1. The molecule has 0 unspecified atom stereocenters. The van der Waals surface area contributed by atoms with Crippen molar-refractivity contribution in [3.63, 3.8) is 0 Å². The molecular weight excluding hydrogens is 226 g/mol. The summed E-state index contributed by atoms with van der Waals surface area (Å²) in [5, 5.41) is 0. The lowest BCUT2D eigenvalue weighted by Crippen LogP contribution is -2.36.